The fourth-order valence-electron chi connectivity index (χ4n) is 2.20. The lowest BCUT2D eigenvalue weighted by atomic mass is 10.0. The first kappa shape index (κ1) is 14.5. The van der Waals surface area contributed by atoms with Crippen LogP contribution >= 0.6 is 0 Å². The van der Waals surface area contributed by atoms with Crippen LogP contribution in [0.15, 0.2) is 30.5 Å². The maximum absolute atomic E-state index is 12.3. The van der Waals surface area contributed by atoms with E-state index in [1.165, 1.54) is 7.05 Å². The van der Waals surface area contributed by atoms with E-state index in [1.54, 1.807) is 6.20 Å². The minimum atomic E-state index is -2.55. The third-order valence-electron chi connectivity index (χ3n) is 3.22. The van der Waals surface area contributed by atoms with Crippen molar-refractivity contribution in [2.24, 2.45) is 5.73 Å². The lowest BCUT2D eigenvalue weighted by Crippen LogP contribution is -2.44. The van der Waals surface area contributed by atoms with Crippen LogP contribution in [-0.4, -0.2) is 41.9 Å². The van der Waals surface area contributed by atoms with Gasteiger partial charge in [-0.15, -0.1) is 0 Å². The molecule has 0 aliphatic heterocycles. The Morgan fingerprint density at radius 1 is 1.40 bits per heavy atom. The largest absolute Gasteiger partial charge is 0.361 e. The first-order valence-electron chi connectivity index (χ1n) is 6.32. The Bertz CT molecular complexity index is 597. The van der Waals surface area contributed by atoms with Gasteiger partial charge in [-0.2, -0.15) is 0 Å². The molecule has 20 heavy (non-hydrogen) atoms. The summed E-state index contributed by atoms with van der Waals surface area (Å²) in [5, 5.41) is 0.993. The van der Waals surface area contributed by atoms with Gasteiger partial charge in [0.05, 0.1) is 12.6 Å². The molecule has 1 heterocycles. The van der Waals surface area contributed by atoms with Crippen molar-refractivity contribution in [1.82, 2.24) is 9.88 Å². The van der Waals surface area contributed by atoms with Crippen LogP contribution in [0, 0.1) is 0 Å². The number of rotatable bonds is 5. The van der Waals surface area contributed by atoms with Crippen molar-refractivity contribution in [3.63, 3.8) is 0 Å². The number of hydrogen-bond acceptors (Lipinski definition) is 2. The fourth-order valence-corrected chi connectivity index (χ4v) is 2.20. The molecule has 6 heteroatoms. The molecule has 0 fully saturated rings. The SMILES string of the molecule is CN(CC(F)F)C(=O)[C@@H](N)Cc1c[nH]c2ccccc12. The lowest BCUT2D eigenvalue weighted by Gasteiger charge is -2.20. The molecular formula is C14H17F2N3O. The maximum atomic E-state index is 12.3. The smallest absolute Gasteiger partial charge is 0.255 e. The van der Waals surface area contributed by atoms with Gasteiger partial charge < -0.3 is 15.6 Å². The van der Waals surface area contributed by atoms with Gasteiger partial charge in [-0.3, -0.25) is 4.79 Å². The van der Waals surface area contributed by atoms with E-state index in [2.05, 4.69) is 4.98 Å². The van der Waals surface area contributed by atoms with Crippen molar-refractivity contribution in [2.45, 2.75) is 18.9 Å². The highest BCUT2D eigenvalue weighted by Crippen LogP contribution is 2.19. The molecule has 0 aliphatic carbocycles. The number of carbonyl (C=O) groups excluding carboxylic acids is 1. The van der Waals surface area contributed by atoms with Gasteiger partial charge in [0, 0.05) is 24.1 Å². The van der Waals surface area contributed by atoms with Crippen LogP contribution < -0.4 is 5.73 Å². The number of nitrogens with zero attached hydrogens (tertiary/aromatic N) is 1. The molecule has 0 bridgehead atoms. The summed E-state index contributed by atoms with van der Waals surface area (Å²) in [6.07, 6.45) is -0.439. The molecule has 0 unspecified atom stereocenters. The van der Waals surface area contributed by atoms with E-state index < -0.39 is 24.9 Å². The van der Waals surface area contributed by atoms with Gasteiger partial charge in [0.15, 0.2) is 0 Å². The summed E-state index contributed by atoms with van der Waals surface area (Å²) in [5.41, 5.74) is 7.70. The Hall–Kier alpha value is -1.95. The first-order chi connectivity index (χ1) is 9.49. The molecule has 1 amide bonds. The highest BCUT2D eigenvalue weighted by Gasteiger charge is 2.21. The number of aromatic amines is 1. The Kier molecular flexibility index (Phi) is 4.34. The standard InChI is InChI=1S/C14H17F2N3O/c1-19(8-13(15)16)14(20)11(17)6-9-7-18-12-5-3-2-4-10(9)12/h2-5,7,11,13,18H,6,8,17H2,1H3/t11-/m0/s1. The van der Waals surface area contributed by atoms with Gasteiger partial charge in [0.2, 0.25) is 5.91 Å². The molecule has 0 saturated heterocycles. The van der Waals surface area contributed by atoms with Crippen molar-refractivity contribution in [2.75, 3.05) is 13.6 Å². The molecule has 0 aliphatic rings. The number of alkyl halides is 2. The van der Waals surface area contributed by atoms with Gasteiger partial charge in [-0.1, -0.05) is 18.2 Å². The van der Waals surface area contributed by atoms with Crippen LogP contribution in [0.1, 0.15) is 5.56 Å². The van der Waals surface area contributed by atoms with Crippen LogP contribution in [0.3, 0.4) is 0 Å². The van der Waals surface area contributed by atoms with Crippen molar-refractivity contribution in [1.29, 1.82) is 0 Å². The zero-order chi connectivity index (χ0) is 14.7. The Balaban J connectivity index is 2.07. The number of H-pyrrole nitrogens is 1. The monoisotopic (exact) mass is 281 g/mol. The number of hydrogen-bond donors (Lipinski definition) is 2. The summed E-state index contributed by atoms with van der Waals surface area (Å²) in [5.74, 6) is -0.476. The second-order valence-electron chi connectivity index (χ2n) is 4.78. The predicted molar refractivity (Wildman–Crippen MR) is 73.6 cm³/mol. The quantitative estimate of drug-likeness (QED) is 0.877. The number of likely N-dealkylation sites (N-methyl/N-ethyl adjacent to an activating group) is 1. The highest BCUT2D eigenvalue weighted by molar-refractivity contribution is 5.86. The van der Waals surface area contributed by atoms with E-state index in [1.807, 2.05) is 24.3 Å². The second kappa shape index (κ2) is 6.00. The number of nitrogens with two attached hydrogens (primary N) is 1. The molecule has 1 aromatic heterocycles. The van der Waals surface area contributed by atoms with Crippen molar-refractivity contribution >= 4 is 16.8 Å². The minimum absolute atomic E-state index is 0.316. The van der Waals surface area contributed by atoms with E-state index in [9.17, 15) is 13.6 Å². The van der Waals surface area contributed by atoms with Gasteiger partial charge >= 0.3 is 0 Å². The molecule has 0 saturated carbocycles. The summed E-state index contributed by atoms with van der Waals surface area (Å²) in [7, 11) is 1.34. The maximum Gasteiger partial charge on any atom is 0.255 e. The number of benzene rings is 1. The van der Waals surface area contributed by atoms with Crippen LogP contribution in [0.2, 0.25) is 0 Å². The molecule has 4 nitrogen and oxygen atoms in total. The average Bonchev–Trinajstić information content (AvgIpc) is 2.80. The first-order valence-corrected chi connectivity index (χ1v) is 6.32. The normalized spacial score (nSPS) is 12.8. The van der Waals surface area contributed by atoms with E-state index in [-0.39, 0.29) is 0 Å². The number of halogens is 2. The molecular weight excluding hydrogens is 264 g/mol. The number of aromatic nitrogens is 1. The molecule has 2 aromatic rings. The van der Waals surface area contributed by atoms with Crippen molar-refractivity contribution in [3.8, 4) is 0 Å². The Labute approximate surface area is 115 Å². The molecule has 3 N–H and O–H groups in total. The molecule has 1 aromatic carbocycles. The average molecular weight is 281 g/mol. The second-order valence-corrected chi connectivity index (χ2v) is 4.78. The fraction of sp³-hybridized carbons (Fsp3) is 0.357. The number of fused-ring (bicyclic) bond motifs is 1. The zero-order valence-corrected chi connectivity index (χ0v) is 11.1. The molecule has 0 spiro atoms. The topological polar surface area (TPSA) is 62.1 Å². The third-order valence-corrected chi connectivity index (χ3v) is 3.22. The lowest BCUT2D eigenvalue weighted by molar-refractivity contribution is -0.132. The van der Waals surface area contributed by atoms with Crippen LogP contribution in [0.4, 0.5) is 8.78 Å². The summed E-state index contributed by atoms with van der Waals surface area (Å²) in [6, 6.07) is 6.84. The summed E-state index contributed by atoms with van der Waals surface area (Å²) in [4.78, 5) is 16.0. The number of carbonyl (C=O) groups is 1. The van der Waals surface area contributed by atoms with Crippen LogP contribution in [0.25, 0.3) is 10.9 Å². The number of para-hydroxylation sites is 1. The van der Waals surface area contributed by atoms with E-state index in [0.29, 0.717) is 6.42 Å². The van der Waals surface area contributed by atoms with E-state index in [4.69, 9.17) is 5.73 Å². The van der Waals surface area contributed by atoms with Gasteiger partial charge in [0.1, 0.15) is 0 Å². The third kappa shape index (κ3) is 3.14. The number of nitrogens with one attached hydrogen (secondary N) is 1. The van der Waals surface area contributed by atoms with Crippen molar-refractivity contribution < 1.29 is 13.6 Å². The minimum Gasteiger partial charge on any atom is -0.361 e. The summed E-state index contributed by atoms with van der Waals surface area (Å²) < 4.78 is 24.5. The highest BCUT2D eigenvalue weighted by atomic mass is 19.3. The van der Waals surface area contributed by atoms with Gasteiger partial charge in [-0.05, 0) is 18.1 Å². The van der Waals surface area contributed by atoms with E-state index >= 15 is 0 Å². The Morgan fingerprint density at radius 3 is 2.80 bits per heavy atom. The summed E-state index contributed by atoms with van der Waals surface area (Å²) in [6.45, 7) is -0.597. The van der Waals surface area contributed by atoms with Crippen LogP contribution in [-0.2, 0) is 11.2 Å². The van der Waals surface area contributed by atoms with E-state index in [0.717, 1.165) is 21.4 Å². The molecule has 0 radical (unpaired) electrons. The predicted octanol–water partition coefficient (Wildman–Crippen LogP) is 1.76. The van der Waals surface area contributed by atoms with Crippen LogP contribution in [0.5, 0.6) is 0 Å². The molecule has 2 rings (SSSR count). The van der Waals surface area contributed by atoms with Gasteiger partial charge in [-0.25, -0.2) is 8.78 Å². The van der Waals surface area contributed by atoms with Crippen molar-refractivity contribution in [3.05, 3.63) is 36.0 Å². The summed E-state index contributed by atoms with van der Waals surface area (Å²) >= 11 is 0. The number of amides is 1. The Morgan fingerprint density at radius 2 is 2.10 bits per heavy atom. The molecule has 1 atom stereocenters. The van der Waals surface area contributed by atoms with Gasteiger partial charge in [0.25, 0.3) is 6.43 Å². The zero-order valence-electron chi connectivity index (χ0n) is 11.1. The molecule has 108 valence electrons.